The van der Waals surface area contributed by atoms with Gasteiger partial charge in [-0.3, -0.25) is 0 Å². The second-order valence-corrected chi connectivity index (χ2v) is 4.39. The summed E-state index contributed by atoms with van der Waals surface area (Å²) < 4.78 is 44.4. The van der Waals surface area contributed by atoms with Gasteiger partial charge in [-0.15, -0.1) is 0 Å². The number of benzene rings is 1. The molecule has 2 rings (SSSR count). The highest BCUT2D eigenvalue weighted by molar-refractivity contribution is 5.46. The van der Waals surface area contributed by atoms with Crippen molar-refractivity contribution >= 4 is 5.69 Å². The van der Waals surface area contributed by atoms with Gasteiger partial charge in [0.05, 0.1) is 12.0 Å². The Labute approximate surface area is 109 Å². The van der Waals surface area contributed by atoms with Gasteiger partial charge in [0.2, 0.25) is 0 Å². The van der Waals surface area contributed by atoms with Gasteiger partial charge in [0, 0.05) is 12.5 Å². The van der Waals surface area contributed by atoms with Crippen LogP contribution in [-0.2, 0) is 6.42 Å². The second kappa shape index (κ2) is 5.82. The molecule has 0 spiro atoms. The zero-order valence-corrected chi connectivity index (χ0v) is 10.4. The lowest BCUT2D eigenvalue weighted by Gasteiger charge is -2.15. The maximum absolute atomic E-state index is 13.4. The fraction of sp³-hybridized carbons (Fsp3) is 0.286. The molecule has 0 bridgehead atoms. The molecule has 1 unspecified atom stereocenters. The van der Waals surface area contributed by atoms with Gasteiger partial charge in [-0.05, 0) is 37.6 Å². The molecule has 0 aliphatic rings. The van der Waals surface area contributed by atoms with E-state index < -0.39 is 17.5 Å². The van der Waals surface area contributed by atoms with Crippen LogP contribution in [0.25, 0.3) is 0 Å². The molecule has 2 nitrogen and oxygen atoms in total. The fourth-order valence-electron chi connectivity index (χ4n) is 1.79. The molecular weight excluding hydrogens is 255 g/mol. The summed E-state index contributed by atoms with van der Waals surface area (Å²) in [6.07, 6.45) is 2.96. The normalized spacial score (nSPS) is 12.4. The number of nitrogens with one attached hydrogen (secondary N) is 1. The van der Waals surface area contributed by atoms with E-state index in [1.54, 1.807) is 12.3 Å². The predicted molar refractivity (Wildman–Crippen MR) is 66.4 cm³/mol. The predicted octanol–water partition coefficient (Wildman–Crippen LogP) is 4.13. The third-order valence-electron chi connectivity index (χ3n) is 2.84. The highest BCUT2D eigenvalue weighted by Gasteiger charge is 2.14. The average Bonchev–Trinajstić information content (AvgIpc) is 2.90. The lowest BCUT2D eigenvalue weighted by atomic mass is 10.1. The highest BCUT2D eigenvalue weighted by Crippen LogP contribution is 2.21. The standard InChI is InChI=1S/C14H14F3NO/c1-9(4-5-10-3-2-8-19-10)18-12-7-6-11(15)13(16)14(12)17/h2-3,6-9,18H,4-5H2,1H3. The molecule has 0 amide bonds. The van der Waals surface area contributed by atoms with Crippen molar-refractivity contribution in [2.75, 3.05) is 5.32 Å². The smallest absolute Gasteiger partial charge is 0.196 e. The van der Waals surface area contributed by atoms with Crippen molar-refractivity contribution in [1.82, 2.24) is 0 Å². The summed E-state index contributed by atoms with van der Waals surface area (Å²) in [6, 6.07) is 5.65. The van der Waals surface area contributed by atoms with Crippen LogP contribution in [0.4, 0.5) is 18.9 Å². The van der Waals surface area contributed by atoms with Crippen LogP contribution in [0.15, 0.2) is 34.9 Å². The first kappa shape index (κ1) is 13.5. The first-order valence-electron chi connectivity index (χ1n) is 6.00. The van der Waals surface area contributed by atoms with Gasteiger partial charge in [-0.25, -0.2) is 13.2 Å². The van der Waals surface area contributed by atoms with E-state index in [0.717, 1.165) is 11.8 Å². The Kier molecular flexibility index (Phi) is 4.14. The second-order valence-electron chi connectivity index (χ2n) is 4.39. The van der Waals surface area contributed by atoms with Crippen molar-refractivity contribution in [1.29, 1.82) is 0 Å². The number of aryl methyl sites for hydroxylation is 1. The Morgan fingerprint density at radius 2 is 1.95 bits per heavy atom. The number of rotatable bonds is 5. The summed E-state index contributed by atoms with van der Waals surface area (Å²) in [6.45, 7) is 1.84. The van der Waals surface area contributed by atoms with E-state index in [0.29, 0.717) is 12.8 Å². The van der Waals surface area contributed by atoms with Gasteiger partial charge in [0.15, 0.2) is 17.5 Å². The summed E-state index contributed by atoms with van der Waals surface area (Å²) in [5, 5.41) is 2.82. The van der Waals surface area contributed by atoms with E-state index in [-0.39, 0.29) is 11.7 Å². The minimum atomic E-state index is -1.46. The first-order valence-corrected chi connectivity index (χ1v) is 6.00. The fourth-order valence-corrected chi connectivity index (χ4v) is 1.79. The zero-order valence-electron chi connectivity index (χ0n) is 10.4. The average molecular weight is 269 g/mol. The van der Waals surface area contributed by atoms with Crippen LogP contribution in [-0.4, -0.2) is 6.04 Å². The maximum atomic E-state index is 13.4. The Balaban J connectivity index is 1.95. The molecule has 0 saturated carbocycles. The molecule has 0 radical (unpaired) electrons. The van der Waals surface area contributed by atoms with Crippen LogP contribution in [0.1, 0.15) is 19.1 Å². The molecule has 2 aromatic rings. The van der Waals surface area contributed by atoms with Gasteiger partial charge >= 0.3 is 0 Å². The van der Waals surface area contributed by atoms with E-state index in [4.69, 9.17) is 4.42 Å². The third kappa shape index (κ3) is 3.30. The van der Waals surface area contributed by atoms with Gasteiger partial charge < -0.3 is 9.73 Å². The van der Waals surface area contributed by atoms with Crippen molar-refractivity contribution in [3.8, 4) is 0 Å². The quantitative estimate of drug-likeness (QED) is 0.826. The molecule has 0 fully saturated rings. The lowest BCUT2D eigenvalue weighted by molar-refractivity contribution is 0.447. The van der Waals surface area contributed by atoms with E-state index in [1.807, 2.05) is 13.0 Å². The van der Waals surface area contributed by atoms with E-state index in [2.05, 4.69) is 5.32 Å². The molecule has 0 aliphatic heterocycles. The molecule has 5 heteroatoms. The van der Waals surface area contributed by atoms with Crippen LogP contribution in [0.5, 0.6) is 0 Å². The van der Waals surface area contributed by atoms with Gasteiger partial charge in [-0.2, -0.15) is 0 Å². The molecular formula is C14H14F3NO. The number of furan rings is 1. The maximum Gasteiger partial charge on any atom is 0.196 e. The molecule has 0 aliphatic carbocycles. The minimum absolute atomic E-state index is 0.0363. The molecule has 1 atom stereocenters. The van der Waals surface area contributed by atoms with Crippen LogP contribution in [0.3, 0.4) is 0 Å². The van der Waals surface area contributed by atoms with Gasteiger partial charge in [0.25, 0.3) is 0 Å². The van der Waals surface area contributed by atoms with E-state index in [1.165, 1.54) is 6.07 Å². The first-order chi connectivity index (χ1) is 9.08. The van der Waals surface area contributed by atoms with Gasteiger partial charge in [0.1, 0.15) is 5.76 Å². The van der Waals surface area contributed by atoms with Crippen molar-refractivity contribution < 1.29 is 17.6 Å². The van der Waals surface area contributed by atoms with Crippen LogP contribution in [0.2, 0.25) is 0 Å². The molecule has 0 saturated heterocycles. The summed E-state index contributed by atoms with van der Waals surface area (Å²) in [5.74, 6) is -3.00. The summed E-state index contributed by atoms with van der Waals surface area (Å²) in [4.78, 5) is 0. The van der Waals surface area contributed by atoms with Crippen molar-refractivity contribution in [3.63, 3.8) is 0 Å². The van der Waals surface area contributed by atoms with Gasteiger partial charge in [-0.1, -0.05) is 0 Å². The topological polar surface area (TPSA) is 25.2 Å². The van der Waals surface area contributed by atoms with Crippen LogP contribution >= 0.6 is 0 Å². The molecule has 19 heavy (non-hydrogen) atoms. The van der Waals surface area contributed by atoms with Crippen molar-refractivity contribution in [3.05, 3.63) is 53.7 Å². The Hall–Kier alpha value is -1.91. The molecule has 1 aromatic carbocycles. The largest absolute Gasteiger partial charge is 0.469 e. The highest BCUT2D eigenvalue weighted by atomic mass is 19.2. The summed E-state index contributed by atoms with van der Waals surface area (Å²) in [7, 11) is 0. The van der Waals surface area contributed by atoms with Crippen LogP contribution < -0.4 is 5.32 Å². The molecule has 102 valence electrons. The SMILES string of the molecule is CC(CCc1ccco1)Nc1ccc(F)c(F)c1F. The molecule has 1 heterocycles. The third-order valence-corrected chi connectivity index (χ3v) is 2.84. The zero-order chi connectivity index (χ0) is 13.8. The minimum Gasteiger partial charge on any atom is -0.469 e. The van der Waals surface area contributed by atoms with Crippen LogP contribution in [0, 0.1) is 17.5 Å². The number of anilines is 1. The number of hydrogen-bond acceptors (Lipinski definition) is 2. The number of halogens is 3. The summed E-state index contributed by atoms with van der Waals surface area (Å²) >= 11 is 0. The van der Waals surface area contributed by atoms with Crippen molar-refractivity contribution in [2.45, 2.75) is 25.8 Å². The lowest BCUT2D eigenvalue weighted by Crippen LogP contribution is -2.17. The van der Waals surface area contributed by atoms with Crippen molar-refractivity contribution in [2.24, 2.45) is 0 Å². The summed E-state index contributed by atoms with van der Waals surface area (Å²) in [5.41, 5.74) is -0.0363. The Morgan fingerprint density at radius 3 is 2.63 bits per heavy atom. The van der Waals surface area contributed by atoms with E-state index >= 15 is 0 Å². The molecule has 1 aromatic heterocycles. The Morgan fingerprint density at radius 1 is 1.16 bits per heavy atom. The monoisotopic (exact) mass is 269 g/mol. The Bertz CT molecular complexity index is 540. The number of hydrogen-bond donors (Lipinski definition) is 1. The molecule has 1 N–H and O–H groups in total. The van der Waals surface area contributed by atoms with E-state index in [9.17, 15) is 13.2 Å².